The lowest BCUT2D eigenvalue weighted by molar-refractivity contribution is -0.122. The van der Waals surface area contributed by atoms with Gasteiger partial charge in [0.05, 0.1) is 6.54 Å². The number of hydrogen-bond donors (Lipinski definition) is 2. The molecule has 0 aromatic heterocycles. The molecule has 25 heavy (non-hydrogen) atoms. The molecule has 2 N–H and O–H groups in total. The molecule has 2 aromatic carbocycles. The third-order valence-corrected chi connectivity index (χ3v) is 3.78. The Balaban J connectivity index is 1.89. The van der Waals surface area contributed by atoms with Gasteiger partial charge in [-0.1, -0.05) is 54.6 Å². The zero-order valence-electron chi connectivity index (χ0n) is 14.8. The van der Waals surface area contributed by atoms with Crippen molar-refractivity contribution in [2.75, 3.05) is 26.7 Å². The van der Waals surface area contributed by atoms with E-state index in [4.69, 9.17) is 0 Å². The van der Waals surface area contributed by atoms with Crippen LogP contribution < -0.4 is 10.6 Å². The van der Waals surface area contributed by atoms with Gasteiger partial charge in [0.2, 0.25) is 11.8 Å². The maximum atomic E-state index is 12.0. The van der Waals surface area contributed by atoms with Crippen LogP contribution in [-0.2, 0) is 16.1 Å². The van der Waals surface area contributed by atoms with Gasteiger partial charge in [-0.3, -0.25) is 14.5 Å². The van der Waals surface area contributed by atoms with Crippen LogP contribution >= 0.6 is 0 Å². The van der Waals surface area contributed by atoms with Crippen LogP contribution in [0.25, 0.3) is 11.1 Å². The molecule has 2 rings (SSSR count). The molecule has 0 aliphatic heterocycles. The molecular weight excluding hydrogens is 314 g/mol. The number of carbonyl (C=O) groups excluding carboxylic acids is 2. The standard InChI is InChI=1S/C20H25N3O2/c1-16(24)21-12-13-22-20(25)15-23(2)14-18-10-6-7-11-19(18)17-8-4-3-5-9-17/h3-11H,12-15H2,1-2H3,(H,21,24)(H,22,25). The largest absolute Gasteiger partial charge is 0.355 e. The Kier molecular flexibility index (Phi) is 7.16. The molecule has 0 aliphatic rings. The van der Waals surface area contributed by atoms with Gasteiger partial charge in [-0.2, -0.15) is 0 Å². The summed E-state index contributed by atoms with van der Waals surface area (Å²) in [7, 11) is 1.93. The number of rotatable bonds is 8. The fraction of sp³-hybridized carbons (Fsp3) is 0.300. The summed E-state index contributed by atoms with van der Waals surface area (Å²) in [5.74, 6) is -0.145. The molecule has 5 heteroatoms. The van der Waals surface area contributed by atoms with Crippen LogP contribution in [0.4, 0.5) is 0 Å². The fourth-order valence-corrected chi connectivity index (χ4v) is 2.65. The molecule has 132 valence electrons. The van der Waals surface area contributed by atoms with Crippen molar-refractivity contribution in [1.29, 1.82) is 0 Å². The van der Waals surface area contributed by atoms with Gasteiger partial charge in [0.25, 0.3) is 0 Å². The highest BCUT2D eigenvalue weighted by atomic mass is 16.2. The van der Waals surface area contributed by atoms with Crippen LogP contribution in [0.15, 0.2) is 54.6 Å². The normalized spacial score (nSPS) is 10.5. The summed E-state index contributed by atoms with van der Waals surface area (Å²) in [4.78, 5) is 24.7. The van der Waals surface area contributed by atoms with Crippen molar-refractivity contribution in [3.8, 4) is 11.1 Å². The second kappa shape index (κ2) is 9.59. The SMILES string of the molecule is CC(=O)NCCNC(=O)CN(C)Cc1ccccc1-c1ccccc1. The predicted octanol–water partition coefficient (Wildman–Crippen LogP) is 2.04. The number of nitrogens with zero attached hydrogens (tertiary/aromatic N) is 1. The van der Waals surface area contributed by atoms with E-state index in [1.807, 2.05) is 42.3 Å². The minimum Gasteiger partial charge on any atom is -0.355 e. The lowest BCUT2D eigenvalue weighted by Gasteiger charge is -2.18. The number of carbonyl (C=O) groups is 2. The predicted molar refractivity (Wildman–Crippen MR) is 99.9 cm³/mol. The number of benzene rings is 2. The van der Waals surface area contributed by atoms with Crippen molar-refractivity contribution in [2.24, 2.45) is 0 Å². The Labute approximate surface area is 149 Å². The van der Waals surface area contributed by atoms with Crippen molar-refractivity contribution in [1.82, 2.24) is 15.5 Å². The molecule has 2 aromatic rings. The molecule has 0 heterocycles. The smallest absolute Gasteiger partial charge is 0.234 e. The molecule has 0 radical (unpaired) electrons. The van der Waals surface area contributed by atoms with Crippen LogP contribution in [0, 0.1) is 0 Å². The van der Waals surface area contributed by atoms with Crippen LogP contribution in [0.5, 0.6) is 0 Å². The minimum absolute atomic E-state index is 0.0509. The minimum atomic E-state index is -0.0936. The molecule has 0 aliphatic carbocycles. The zero-order valence-corrected chi connectivity index (χ0v) is 14.8. The van der Waals surface area contributed by atoms with E-state index < -0.39 is 0 Å². The average molecular weight is 339 g/mol. The van der Waals surface area contributed by atoms with Crippen molar-refractivity contribution in [3.63, 3.8) is 0 Å². The van der Waals surface area contributed by atoms with E-state index in [-0.39, 0.29) is 11.8 Å². The maximum Gasteiger partial charge on any atom is 0.234 e. The first-order valence-corrected chi connectivity index (χ1v) is 8.39. The molecule has 0 unspecified atom stereocenters. The van der Waals surface area contributed by atoms with Crippen molar-refractivity contribution < 1.29 is 9.59 Å². The summed E-state index contributed by atoms with van der Waals surface area (Å²) in [5, 5.41) is 5.46. The highest BCUT2D eigenvalue weighted by Gasteiger charge is 2.10. The van der Waals surface area contributed by atoms with Crippen LogP contribution in [-0.4, -0.2) is 43.4 Å². The highest BCUT2D eigenvalue weighted by molar-refractivity contribution is 5.78. The van der Waals surface area contributed by atoms with Gasteiger partial charge in [0.1, 0.15) is 0 Å². The average Bonchev–Trinajstić information content (AvgIpc) is 2.60. The number of nitrogens with one attached hydrogen (secondary N) is 2. The molecular formula is C20H25N3O2. The highest BCUT2D eigenvalue weighted by Crippen LogP contribution is 2.24. The van der Waals surface area contributed by atoms with Crippen molar-refractivity contribution >= 4 is 11.8 Å². The molecule has 0 fully saturated rings. The monoisotopic (exact) mass is 339 g/mol. The lowest BCUT2D eigenvalue weighted by atomic mass is 9.99. The van der Waals surface area contributed by atoms with Gasteiger partial charge < -0.3 is 10.6 Å². The number of likely N-dealkylation sites (N-methyl/N-ethyl adjacent to an activating group) is 1. The van der Waals surface area contributed by atoms with Crippen molar-refractivity contribution in [3.05, 3.63) is 60.2 Å². The van der Waals surface area contributed by atoms with E-state index in [0.29, 0.717) is 26.2 Å². The first-order valence-electron chi connectivity index (χ1n) is 8.39. The summed E-state index contributed by atoms with van der Waals surface area (Å²) in [6, 6.07) is 18.5. The summed E-state index contributed by atoms with van der Waals surface area (Å²) in [5.41, 5.74) is 3.54. The van der Waals surface area contributed by atoms with E-state index in [2.05, 4.69) is 34.9 Å². The zero-order chi connectivity index (χ0) is 18.1. The van der Waals surface area contributed by atoms with Gasteiger partial charge in [0, 0.05) is 26.6 Å². The van der Waals surface area contributed by atoms with Crippen LogP contribution in [0.1, 0.15) is 12.5 Å². The van der Waals surface area contributed by atoms with Crippen LogP contribution in [0.3, 0.4) is 0 Å². The Morgan fingerprint density at radius 2 is 1.56 bits per heavy atom. The van der Waals surface area contributed by atoms with E-state index >= 15 is 0 Å². The second-order valence-corrected chi connectivity index (χ2v) is 6.03. The third-order valence-electron chi connectivity index (χ3n) is 3.78. The van der Waals surface area contributed by atoms with E-state index in [1.165, 1.54) is 23.6 Å². The first-order chi connectivity index (χ1) is 12.1. The molecule has 0 saturated carbocycles. The quantitative estimate of drug-likeness (QED) is 0.724. The first kappa shape index (κ1) is 18.7. The van der Waals surface area contributed by atoms with Crippen molar-refractivity contribution in [2.45, 2.75) is 13.5 Å². The van der Waals surface area contributed by atoms with Gasteiger partial charge in [-0.05, 0) is 23.7 Å². The van der Waals surface area contributed by atoms with E-state index in [9.17, 15) is 9.59 Å². The lowest BCUT2D eigenvalue weighted by Crippen LogP contribution is -2.39. The summed E-state index contributed by atoms with van der Waals surface area (Å²) in [6.07, 6.45) is 0. The number of amides is 2. The van der Waals surface area contributed by atoms with Gasteiger partial charge >= 0.3 is 0 Å². The molecule has 0 spiro atoms. The van der Waals surface area contributed by atoms with E-state index in [0.717, 1.165) is 0 Å². The summed E-state index contributed by atoms with van der Waals surface area (Å²) >= 11 is 0. The Morgan fingerprint density at radius 1 is 0.920 bits per heavy atom. The van der Waals surface area contributed by atoms with Gasteiger partial charge in [-0.25, -0.2) is 0 Å². The van der Waals surface area contributed by atoms with Gasteiger partial charge in [-0.15, -0.1) is 0 Å². The Morgan fingerprint density at radius 3 is 2.28 bits per heavy atom. The topological polar surface area (TPSA) is 61.4 Å². The number of hydrogen-bond acceptors (Lipinski definition) is 3. The maximum absolute atomic E-state index is 12.0. The summed E-state index contributed by atoms with van der Waals surface area (Å²) < 4.78 is 0. The Hall–Kier alpha value is -2.66. The molecule has 5 nitrogen and oxygen atoms in total. The molecule has 0 atom stereocenters. The molecule has 2 amide bonds. The molecule has 0 bridgehead atoms. The summed E-state index contributed by atoms with van der Waals surface area (Å²) in [6.45, 7) is 3.33. The van der Waals surface area contributed by atoms with Gasteiger partial charge in [0.15, 0.2) is 0 Å². The second-order valence-electron chi connectivity index (χ2n) is 6.03. The van der Waals surface area contributed by atoms with Crippen LogP contribution in [0.2, 0.25) is 0 Å². The fourth-order valence-electron chi connectivity index (χ4n) is 2.65. The third kappa shape index (κ3) is 6.39. The van der Waals surface area contributed by atoms with E-state index in [1.54, 1.807) is 0 Å². The Bertz CT molecular complexity index is 701. The molecule has 0 saturated heterocycles.